The smallest absolute Gasteiger partial charge is 0.370 e. The van der Waals surface area contributed by atoms with Crippen LogP contribution in [0, 0.1) is 0 Å². The van der Waals surface area contributed by atoms with Crippen LogP contribution in [0.4, 0.5) is 18.9 Å². The molecule has 0 heterocycles. The number of halogens is 3. The van der Waals surface area contributed by atoms with Crippen LogP contribution in [0.1, 0.15) is 35.1 Å². The molecule has 1 aliphatic rings. The highest BCUT2D eigenvalue weighted by molar-refractivity contribution is 5.93. The van der Waals surface area contributed by atoms with Crippen LogP contribution in [0.2, 0.25) is 0 Å². The van der Waals surface area contributed by atoms with E-state index in [1.54, 1.807) is 12.1 Å². The van der Waals surface area contributed by atoms with Gasteiger partial charge < -0.3 is 15.8 Å². The lowest BCUT2D eigenvalue weighted by molar-refractivity contribution is -0.176. The van der Waals surface area contributed by atoms with E-state index >= 15 is 0 Å². The van der Waals surface area contributed by atoms with Gasteiger partial charge in [0.05, 0.1) is 13.2 Å². The summed E-state index contributed by atoms with van der Waals surface area (Å²) in [5.74, 6) is 0.344. The number of benzene rings is 2. The van der Waals surface area contributed by atoms with E-state index in [-0.39, 0.29) is 6.61 Å². The Kier molecular flexibility index (Phi) is 6.57. The van der Waals surface area contributed by atoms with Gasteiger partial charge in [0.1, 0.15) is 6.61 Å². The molecular weight excluding hydrogens is 367 g/mol. The molecule has 0 saturated carbocycles. The van der Waals surface area contributed by atoms with E-state index in [0.29, 0.717) is 18.1 Å². The lowest BCUT2D eigenvalue weighted by Crippen LogP contribution is -2.24. The molecule has 0 radical (unpaired) electrons. The summed E-state index contributed by atoms with van der Waals surface area (Å²) in [5, 5.41) is 3.19. The summed E-state index contributed by atoms with van der Waals surface area (Å²) in [5.41, 5.74) is 11.3. The summed E-state index contributed by atoms with van der Waals surface area (Å²) < 4.78 is 40.9. The maximum absolute atomic E-state index is 12.1. The zero-order valence-electron chi connectivity index (χ0n) is 15.6. The van der Waals surface area contributed by atoms with Gasteiger partial charge in [-0.05, 0) is 54.0 Å². The third-order valence-electron chi connectivity index (χ3n) is 4.65. The van der Waals surface area contributed by atoms with Crippen LogP contribution in [0.5, 0.6) is 0 Å². The zero-order valence-corrected chi connectivity index (χ0v) is 15.6. The van der Waals surface area contributed by atoms with E-state index in [2.05, 4.69) is 21.1 Å². The molecule has 0 unspecified atom stereocenters. The maximum atomic E-state index is 12.1. The fraction of sp³-hybridized carbons (Fsp3) is 0.381. The van der Waals surface area contributed by atoms with Crippen molar-refractivity contribution < 1.29 is 17.9 Å². The molecule has 1 aliphatic carbocycles. The molecule has 3 N–H and O–H groups in total. The third-order valence-corrected chi connectivity index (χ3v) is 4.65. The van der Waals surface area contributed by atoms with Crippen molar-refractivity contribution in [1.82, 2.24) is 0 Å². The van der Waals surface area contributed by atoms with Gasteiger partial charge in [-0.1, -0.05) is 36.4 Å². The van der Waals surface area contributed by atoms with E-state index in [1.165, 1.54) is 24.0 Å². The normalized spacial score (nSPS) is 14.6. The number of anilines is 1. The van der Waals surface area contributed by atoms with Crippen molar-refractivity contribution in [2.45, 2.75) is 45.0 Å². The van der Waals surface area contributed by atoms with Crippen molar-refractivity contribution in [3.05, 3.63) is 64.7 Å². The SMILES string of the molecule is NC(=NCc1ccc(COCC(F)(F)F)cc1)Nc1cccc2c1CCCC2. The minimum Gasteiger partial charge on any atom is -0.370 e. The Bertz CT molecular complexity index is 817. The predicted molar refractivity (Wildman–Crippen MR) is 104 cm³/mol. The Morgan fingerprint density at radius 3 is 2.50 bits per heavy atom. The van der Waals surface area contributed by atoms with E-state index in [9.17, 15) is 13.2 Å². The van der Waals surface area contributed by atoms with Crippen LogP contribution in [0.25, 0.3) is 0 Å². The number of fused-ring (bicyclic) bond motifs is 1. The van der Waals surface area contributed by atoms with Gasteiger partial charge in [-0.3, -0.25) is 0 Å². The summed E-state index contributed by atoms with van der Waals surface area (Å²) in [4.78, 5) is 4.37. The summed E-state index contributed by atoms with van der Waals surface area (Å²) in [6.45, 7) is -0.937. The minimum absolute atomic E-state index is 0.0775. The van der Waals surface area contributed by atoms with E-state index < -0.39 is 12.8 Å². The Balaban J connectivity index is 1.54. The van der Waals surface area contributed by atoms with Crippen LogP contribution >= 0.6 is 0 Å². The van der Waals surface area contributed by atoms with Crippen LogP contribution in [-0.2, 0) is 30.7 Å². The number of nitrogens with one attached hydrogen (secondary N) is 1. The quantitative estimate of drug-likeness (QED) is 0.560. The van der Waals surface area contributed by atoms with Crippen molar-refractivity contribution in [3.8, 4) is 0 Å². The van der Waals surface area contributed by atoms with Crippen molar-refractivity contribution in [3.63, 3.8) is 0 Å². The summed E-state index contributed by atoms with van der Waals surface area (Å²) in [6.07, 6.45) is 0.237. The number of ether oxygens (including phenoxy) is 1. The van der Waals surface area contributed by atoms with E-state index in [1.807, 2.05) is 24.3 Å². The molecule has 7 heteroatoms. The maximum Gasteiger partial charge on any atom is 0.411 e. The molecule has 28 heavy (non-hydrogen) atoms. The van der Waals surface area contributed by atoms with E-state index in [4.69, 9.17) is 5.73 Å². The highest BCUT2D eigenvalue weighted by Crippen LogP contribution is 2.27. The number of hydrogen-bond acceptors (Lipinski definition) is 2. The summed E-state index contributed by atoms with van der Waals surface area (Å²) >= 11 is 0. The summed E-state index contributed by atoms with van der Waals surface area (Å²) in [7, 11) is 0. The Labute approximate surface area is 162 Å². The largest absolute Gasteiger partial charge is 0.411 e. The molecule has 0 fully saturated rings. The number of nitrogens with zero attached hydrogens (tertiary/aromatic N) is 1. The number of alkyl halides is 3. The molecule has 2 aromatic rings. The van der Waals surface area contributed by atoms with Crippen molar-refractivity contribution in [1.29, 1.82) is 0 Å². The van der Waals surface area contributed by atoms with Gasteiger partial charge in [0.25, 0.3) is 0 Å². The molecular formula is C21H24F3N3O. The van der Waals surface area contributed by atoms with Gasteiger partial charge in [-0.2, -0.15) is 13.2 Å². The van der Waals surface area contributed by atoms with E-state index in [0.717, 1.165) is 24.1 Å². The second-order valence-electron chi connectivity index (χ2n) is 6.90. The lowest BCUT2D eigenvalue weighted by atomic mass is 9.90. The van der Waals surface area contributed by atoms with Gasteiger partial charge in [0.15, 0.2) is 5.96 Å². The first-order valence-corrected chi connectivity index (χ1v) is 9.31. The first-order valence-electron chi connectivity index (χ1n) is 9.31. The minimum atomic E-state index is -4.31. The first kappa shape index (κ1) is 20.2. The highest BCUT2D eigenvalue weighted by Gasteiger charge is 2.27. The Hall–Kier alpha value is -2.54. The Morgan fingerprint density at radius 1 is 1.04 bits per heavy atom. The van der Waals surface area contributed by atoms with Crippen molar-refractivity contribution >= 4 is 11.6 Å². The average molecular weight is 391 g/mol. The molecule has 0 saturated heterocycles. The van der Waals surface area contributed by atoms with Gasteiger partial charge in [0.2, 0.25) is 0 Å². The molecule has 0 aliphatic heterocycles. The molecule has 0 spiro atoms. The standard InChI is InChI=1S/C21H24F3N3O/c22-21(23,24)14-28-13-16-10-8-15(9-11-16)12-26-20(25)27-19-7-3-5-17-4-1-2-6-18(17)19/h3,5,7-11H,1-2,4,6,12-14H2,(H3,25,26,27). The lowest BCUT2D eigenvalue weighted by Gasteiger charge is -2.19. The average Bonchev–Trinajstić information content (AvgIpc) is 2.67. The molecule has 3 rings (SSSR count). The van der Waals surface area contributed by atoms with Gasteiger partial charge in [0, 0.05) is 5.69 Å². The molecule has 4 nitrogen and oxygen atoms in total. The van der Waals surface area contributed by atoms with Crippen LogP contribution in [0.3, 0.4) is 0 Å². The topological polar surface area (TPSA) is 59.6 Å². The van der Waals surface area contributed by atoms with Gasteiger partial charge >= 0.3 is 6.18 Å². The van der Waals surface area contributed by atoms with Crippen LogP contribution < -0.4 is 11.1 Å². The number of nitrogens with two attached hydrogens (primary N) is 1. The number of aliphatic imine (C=N–C) groups is 1. The zero-order chi connectivity index (χ0) is 20.0. The van der Waals surface area contributed by atoms with Crippen LogP contribution in [-0.4, -0.2) is 18.7 Å². The fourth-order valence-electron chi connectivity index (χ4n) is 3.28. The highest BCUT2D eigenvalue weighted by atomic mass is 19.4. The number of guanidine groups is 1. The first-order chi connectivity index (χ1) is 13.4. The predicted octanol–water partition coefficient (Wildman–Crippen LogP) is 4.57. The second kappa shape index (κ2) is 9.10. The molecule has 0 amide bonds. The molecule has 0 atom stereocenters. The molecule has 150 valence electrons. The van der Waals surface area contributed by atoms with Crippen molar-refractivity contribution in [2.24, 2.45) is 10.7 Å². The number of aryl methyl sites for hydroxylation is 1. The second-order valence-corrected chi connectivity index (χ2v) is 6.90. The molecule has 0 bridgehead atoms. The fourth-order valence-corrected chi connectivity index (χ4v) is 3.28. The third kappa shape index (κ3) is 5.99. The van der Waals surface area contributed by atoms with Gasteiger partial charge in [-0.25, -0.2) is 4.99 Å². The number of hydrogen-bond donors (Lipinski definition) is 2. The molecule has 0 aromatic heterocycles. The Morgan fingerprint density at radius 2 is 1.75 bits per heavy atom. The molecule has 2 aromatic carbocycles. The monoisotopic (exact) mass is 391 g/mol. The number of rotatable bonds is 6. The van der Waals surface area contributed by atoms with Crippen molar-refractivity contribution in [2.75, 3.05) is 11.9 Å². The van der Waals surface area contributed by atoms with Gasteiger partial charge in [-0.15, -0.1) is 0 Å². The summed E-state index contributed by atoms with van der Waals surface area (Å²) in [6, 6.07) is 13.3. The van der Waals surface area contributed by atoms with Crippen LogP contribution in [0.15, 0.2) is 47.5 Å².